The minimum absolute atomic E-state index is 0.310. The van der Waals surface area contributed by atoms with Gasteiger partial charge in [-0.1, -0.05) is 13.8 Å². The molecule has 1 aromatic rings. The van der Waals surface area contributed by atoms with E-state index in [-0.39, 0.29) is 5.97 Å². The number of ether oxygens (including phenoxy) is 1. The van der Waals surface area contributed by atoms with Crippen LogP contribution in [-0.2, 0) is 4.74 Å². The molecule has 3 heteroatoms. The molecule has 76 valence electrons. The molecule has 0 bridgehead atoms. The van der Waals surface area contributed by atoms with Crippen LogP contribution in [0.1, 0.15) is 42.7 Å². The summed E-state index contributed by atoms with van der Waals surface area (Å²) in [5.41, 5.74) is 1.49. The lowest BCUT2D eigenvalue weighted by Crippen LogP contribution is -2.05. The van der Waals surface area contributed by atoms with E-state index < -0.39 is 0 Å². The van der Waals surface area contributed by atoms with Gasteiger partial charge in [-0.2, -0.15) is 0 Å². The van der Waals surface area contributed by atoms with Crippen molar-refractivity contribution in [1.29, 1.82) is 0 Å². The lowest BCUT2D eigenvalue weighted by atomic mass is 10.1. The Morgan fingerprint density at radius 2 is 2.21 bits per heavy atom. The summed E-state index contributed by atoms with van der Waals surface area (Å²) in [5.74, 6) is 0.0709. The number of rotatable bonds is 3. The van der Waals surface area contributed by atoms with Crippen LogP contribution in [0.4, 0.5) is 0 Å². The van der Waals surface area contributed by atoms with Gasteiger partial charge in [0.15, 0.2) is 0 Å². The van der Waals surface area contributed by atoms with E-state index in [1.165, 1.54) is 0 Å². The second-order valence-electron chi connectivity index (χ2n) is 3.35. The van der Waals surface area contributed by atoms with Crippen molar-refractivity contribution in [3.8, 4) is 0 Å². The summed E-state index contributed by atoms with van der Waals surface area (Å²) in [7, 11) is 0. The summed E-state index contributed by atoms with van der Waals surface area (Å²) >= 11 is 0. The molecule has 1 rings (SSSR count). The van der Waals surface area contributed by atoms with Crippen molar-refractivity contribution >= 4 is 5.97 Å². The van der Waals surface area contributed by atoms with Crippen LogP contribution < -0.4 is 0 Å². The van der Waals surface area contributed by atoms with E-state index in [9.17, 15) is 4.79 Å². The van der Waals surface area contributed by atoms with Gasteiger partial charge in [-0.25, -0.2) is 4.79 Å². The largest absolute Gasteiger partial charge is 0.462 e. The number of hydrogen-bond acceptors (Lipinski definition) is 3. The van der Waals surface area contributed by atoms with Crippen molar-refractivity contribution in [3.63, 3.8) is 0 Å². The highest BCUT2D eigenvalue weighted by Gasteiger charge is 2.07. The van der Waals surface area contributed by atoms with Gasteiger partial charge in [0, 0.05) is 11.9 Å². The SMILES string of the molecule is CCOC(=O)c1ccc(C(C)C)nc1. The van der Waals surface area contributed by atoms with Crippen LogP contribution in [0.25, 0.3) is 0 Å². The minimum atomic E-state index is -0.310. The molecule has 0 saturated heterocycles. The average molecular weight is 193 g/mol. The molecular formula is C11H15NO2. The van der Waals surface area contributed by atoms with Gasteiger partial charge < -0.3 is 4.74 Å². The van der Waals surface area contributed by atoms with E-state index >= 15 is 0 Å². The maximum atomic E-state index is 11.3. The molecule has 1 heterocycles. The van der Waals surface area contributed by atoms with E-state index in [0.29, 0.717) is 18.1 Å². The zero-order valence-electron chi connectivity index (χ0n) is 8.78. The fourth-order valence-electron chi connectivity index (χ4n) is 1.08. The van der Waals surface area contributed by atoms with Crippen LogP contribution in [0.3, 0.4) is 0 Å². The number of carbonyl (C=O) groups excluding carboxylic acids is 1. The third-order valence-corrected chi connectivity index (χ3v) is 1.89. The van der Waals surface area contributed by atoms with E-state index in [1.807, 2.05) is 6.07 Å². The molecule has 0 radical (unpaired) electrons. The van der Waals surface area contributed by atoms with Gasteiger partial charge in [-0.3, -0.25) is 4.98 Å². The number of aromatic nitrogens is 1. The average Bonchev–Trinajstić information content (AvgIpc) is 2.18. The van der Waals surface area contributed by atoms with Gasteiger partial charge in [0.25, 0.3) is 0 Å². The van der Waals surface area contributed by atoms with Crippen molar-refractivity contribution in [2.45, 2.75) is 26.7 Å². The van der Waals surface area contributed by atoms with E-state index in [4.69, 9.17) is 4.74 Å². The van der Waals surface area contributed by atoms with Gasteiger partial charge in [0.2, 0.25) is 0 Å². The standard InChI is InChI=1S/C11H15NO2/c1-4-14-11(13)9-5-6-10(8(2)3)12-7-9/h5-8H,4H2,1-3H3. The van der Waals surface area contributed by atoms with Crippen molar-refractivity contribution in [2.24, 2.45) is 0 Å². The minimum Gasteiger partial charge on any atom is -0.462 e. The number of pyridine rings is 1. The summed E-state index contributed by atoms with van der Waals surface area (Å²) < 4.78 is 4.85. The van der Waals surface area contributed by atoms with Crippen molar-refractivity contribution in [2.75, 3.05) is 6.61 Å². The molecular weight excluding hydrogens is 178 g/mol. The first-order chi connectivity index (χ1) is 6.65. The van der Waals surface area contributed by atoms with Crippen molar-refractivity contribution in [1.82, 2.24) is 4.98 Å². The Balaban J connectivity index is 2.78. The number of nitrogens with zero attached hydrogens (tertiary/aromatic N) is 1. The molecule has 0 atom stereocenters. The Hall–Kier alpha value is -1.38. The molecule has 0 fully saturated rings. The molecule has 0 unspecified atom stereocenters. The first-order valence-corrected chi connectivity index (χ1v) is 4.78. The Kier molecular flexibility index (Phi) is 3.63. The quantitative estimate of drug-likeness (QED) is 0.692. The summed E-state index contributed by atoms with van der Waals surface area (Å²) in [6.45, 7) is 6.30. The van der Waals surface area contributed by atoms with E-state index in [0.717, 1.165) is 5.69 Å². The predicted octanol–water partition coefficient (Wildman–Crippen LogP) is 2.38. The van der Waals surface area contributed by atoms with Crippen molar-refractivity contribution in [3.05, 3.63) is 29.6 Å². The molecule has 0 aliphatic heterocycles. The molecule has 0 aromatic carbocycles. The van der Waals surface area contributed by atoms with Gasteiger partial charge in [-0.05, 0) is 25.0 Å². The Labute approximate surface area is 84.1 Å². The highest BCUT2D eigenvalue weighted by molar-refractivity contribution is 5.88. The maximum Gasteiger partial charge on any atom is 0.339 e. The second-order valence-corrected chi connectivity index (χ2v) is 3.35. The van der Waals surface area contributed by atoms with Crippen LogP contribution in [-0.4, -0.2) is 17.6 Å². The van der Waals surface area contributed by atoms with Crippen LogP contribution in [0.15, 0.2) is 18.3 Å². The molecule has 0 amide bonds. The van der Waals surface area contributed by atoms with Gasteiger partial charge in [0.05, 0.1) is 12.2 Å². The molecule has 1 aromatic heterocycles. The lowest BCUT2D eigenvalue weighted by Gasteiger charge is -2.05. The summed E-state index contributed by atoms with van der Waals surface area (Å²) in [4.78, 5) is 15.4. The molecule has 0 spiro atoms. The lowest BCUT2D eigenvalue weighted by molar-refractivity contribution is 0.0526. The number of esters is 1. The smallest absolute Gasteiger partial charge is 0.339 e. The topological polar surface area (TPSA) is 39.2 Å². The van der Waals surface area contributed by atoms with Gasteiger partial charge >= 0.3 is 5.97 Å². The van der Waals surface area contributed by atoms with Gasteiger partial charge in [-0.15, -0.1) is 0 Å². The normalized spacial score (nSPS) is 10.3. The summed E-state index contributed by atoms with van der Waals surface area (Å²) in [6, 6.07) is 3.61. The predicted molar refractivity (Wildman–Crippen MR) is 54.3 cm³/mol. The van der Waals surface area contributed by atoms with Crippen molar-refractivity contribution < 1.29 is 9.53 Å². The maximum absolute atomic E-state index is 11.3. The summed E-state index contributed by atoms with van der Waals surface area (Å²) in [5, 5.41) is 0. The van der Waals surface area contributed by atoms with Crippen LogP contribution in [0.2, 0.25) is 0 Å². The van der Waals surface area contributed by atoms with E-state index in [1.54, 1.807) is 19.2 Å². The molecule has 3 nitrogen and oxygen atoms in total. The Morgan fingerprint density at radius 1 is 1.50 bits per heavy atom. The van der Waals surface area contributed by atoms with E-state index in [2.05, 4.69) is 18.8 Å². The zero-order chi connectivity index (χ0) is 10.6. The van der Waals surface area contributed by atoms with Crippen LogP contribution in [0.5, 0.6) is 0 Å². The van der Waals surface area contributed by atoms with Crippen LogP contribution >= 0.6 is 0 Å². The fraction of sp³-hybridized carbons (Fsp3) is 0.455. The second kappa shape index (κ2) is 4.74. The number of hydrogen-bond donors (Lipinski definition) is 0. The first-order valence-electron chi connectivity index (χ1n) is 4.78. The van der Waals surface area contributed by atoms with Crippen LogP contribution in [0, 0.1) is 0 Å². The molecule has 0 aliphatic rings. The van der Waals surface area contributed by atoms with Gasteiger partial charge in [0.1, 0.15) is 0 Å². The monoisotopic (exact) mass is 193 g/mol. The fourth-order valence-corrected chi connectivity index (χ4v) is 1.08. The Bertz CT molecular complexity index is 304. The first kappa shape index (κ1) is 10.7. The zero-order valence-corrected chi connectivity index (χ0v) is 8.78. The molecule has 0 N–H and O–H groups in total. The molecule has 0 aliphatic carbocycles. The number of carbonyl (C=O) groups is 1. The Morgan fingerprint density at radius 3 is 2.64 bits per heavy atom. The third-order valence-electron chi connectivity index (χ3n) is 1.89. The highest BCUT2D eigenvalue weighted by atomic mass is 16.5. The highest BCUT2D eigenvalue weighted by Crippen LogP contribution is 2.11. The molecule has 14 heavy (non-hydrogen) atoms. The third kappa shape index (κ3) is 2.55. The summed E-state index contributed by atoms with van der Waals surface area (Å²) in [6.07, 6.45) is 1.56. The molecule has 0 saturated carbocycles.